The number of nitrogens with zero attached hydrogens (tertiary/aromatic N) is 1. The highest BCUT2D eigenvalue weighted by Crippen LogP contribution is 2.37. The highest BCUT2D eigenvalue weighted by atomic mass is 16.5. The van der Waals surface area contributed by atoms with Crippen LogP contribution in [0, 0.1) is 17.8 Å². The lowest BCUT2D eigenvalue weighted by Crippen LogP contribution is -2.38. The van der Waals surface area contributed by atoms with Crippen molar-refractivity contribution in [1.29, 1.82) is 0 Å². The number of rotatable bonds is 10. The molecule has 0 unspecified atom stereocenters. The molecular weight excluding hydrogens is 446 g/mol. The van der Waals surface area contributed by atoms with Gasteiger partial charge in [-0.3, -0.25) is 4.90 Å². The standard InChI is InChI=1S/C32H47NO3/c1-21(2)27-15-13-24(7)19-31(27)36-32(35)26-14-16-30(34)29(20-26)28(25-11-9-8-10-12-25)17-18-33(22(3)4)23(5)6/h8-12,14,16,20-24,27-28,31,34H,13,15,17-19H2,1-7H3/t24-,27+,28-,31-/m1/s1. The van der Waals surface area contributed by atoms with Gasteiger partial charge in [0.15, 0.2) is 0 Å². The van der Waals surface area contributed by atoms with Crippen molar-refractivity contribution in [1.82, 2.24) is 4.90 Å². The SMILES string of the molecule is CC(C)[C@@H]1CC[C@@H](C)C[C@H]1OC(=O)c1ccc(O)c([C@H](CCN(C(C)C)C(C)C)c2ccccc2)c1. The Hall–Kier alpha value is -2.33. The summed E-state index contributed by atoms with van der Waals surface area (Å²) in [7, 11) is 0. The van der Waals surface area contributed by atoms with Gasteiger partial charge in [-0.2, -0.15) is 0 Å². The molecule has 4 nitrogen and oxygen atoms in total. The van der Waals surface area contributed by atoms with Crippen LogP contribution in [-0.4, -0.2) is 40.7 Å². The van der Waals surface area contributed by atoms with Crippen LogP contribution in [0.1, 0.15) is 102 Å². The molecule has 0 spiro atoms. The molecule has 0 bridgehead atoms. The smallest absolute Gasteiger partial charge is 0.338 e. The maximum atomic E-state index is 13.3. The van der Waals surface area contributed by atoms with Gasteiger partial charge in [-0.15, -0.1) is 0 Å². The molecule has 3 rings (SSSR count). The van der Waals surface area contributed by atoms with E-state index in [9.17, 15) is 9.90 Å². The fourth-order valence-corrected chi connectivity index (χ4v) is 5.99. The second-order valence-electron chi connectivity index (χ2n) is 11.7. The first-order valence-corrected chi connectivity index (χ1v) is 13.9. The molecule has 1 aliphatic rings. The second-order valence-corrected chi connectivity index (χ2v) is 11.7. The van der Waals surface area contributed by atoms with E-state index in [4.69, 9.17) is 4.74 Å². The normalized spacial score (nSPS) is 21.4. The lowest BCUT2D eigenvalue weighted by atomic mass is 9.75. The fraction of sp³-hybridized carbons (Fsp3) is 0.594. The predicted molar refractivity (Wildman–Crippen MR) is 149 cm³/mol. The molecule has 0 radical (unpaired) electrons. The van der Waals surface area contributed by atoms with E-state index >= 15 is 0 Å². The zero-order valence-electron chi connectivity index (χ0n) is 23.4. The van der Waals surface area contributed by atoms with Crippen LogP contribution in [0.3, 0.4) is 0 Å². The van der Waals surface area contributed by atoms with Gasteiger partial charge in [-0.05, 0) is 95.0 Å². The number of phenolic OH excluding ortho intramolecular Hbond substituents is 1. The second kappa shape index (κ2) is 12.8. The van der Waals surface area contributed by atoms with Crippen LogP contribution < -0.4 is 0 Å². The van der Waals surface area contributed by atoms with Crippen LogP contribution in [0.2, 0.25) is 0 Å². The van der Waals surface area contributed by atoms with E-state index in [1.54, 1.807) is 12.1 Å². The Labute approximate surface area is 219 Å². The molecule has 0 heterocycles. The Morgan fingerprint density at radius 2 is 1.67 bits per heavy atom. The summed E-state index contributed by atoms with van der Waals surface area (Å²) in [6.45, 7) is 16.5. The van der Waals surface area contributed by atoms with Gasteiger partial charge in [0.1, 0.15) is 11.9 Å². The molecule has 0 saturated heterocycles. The van der Waals surface area contributed by atoms with Crippen molar-refractivity contribution < 1.29 is 14.6 Å². The van der Waals surface area contributed by atoms with Gasteiger partial charge in [-0.25, -0.2) is 4.79 Å². The molecule has 0 aromatic heterocycles. The summed E-state index contributed by atoms with van der Waals surface area (Å²) < 4.78 is 6.13. The molecule has 1 N–H and O–H groups in total. The van der Waals surface area contributed by atoms with E-state index in [1.807, 2.05) is 24.3 Å². The Morgan fingerprint density at radius 3 is 2.28 bits per heavy atom. The Bertz CT molecular complexity index is 961. The summed E-state index contributed by atoms with van der Waals surface area (Å²) in [5.74, 6) is 1.39. The highest BCUT2D eigenvalue weighted by molar-refractivity contribution is 5.90. The number of benzene rings is 2. The van der Waals surface area contributed by atoms with Crippen LogP contribution >= 0.6 is 0 Å². The Morgan fingerprint density at radius 1 is 1.00 bits per heavy atom. The minimum atomic E-state index is -0.279. The molecule has 198 valence electrons. The molecule has 4 heteroatoms. The molecule has 2 aromatic carbocycles. The molecule has 1 saturated carbocycles. The molecule has 0 aliphatic heterocycles. The van der Waals surface area contributed by atoms with Crippen molar-refractivity contribution >= 4 is 5.97 Å². The van der Waals surface area contributed by atoms with Gasteiger partial charge in [0, 0.05) is 23.6 Å². The summed E-state index contributed by atoms with van der Waals surface area (Å²) >= 11 is 0. The van der Waals surface area contributed by atoms with E-state index in [0.29, 0.717) is 35.4 Å². The zero-order chi connectivity index (χ0) is 26.4. The maximum absolute atomic E-state index is 13.3. The summed E-state index contributed by atoms with van der Waals surface area (Å²) in [5.41, 5.74) is 2.46. The first-order valence-electron chi connectivity index (χ1n) is 13.9. The molecule has 1 aliphatic carbocycles. The molecule has 0 amide bonds. The first-order chi connectivity index (χ1) is 17.1. The average Bonchev–Trinajstić information content (AvgIpc) is 2.82. The lowest BCUT2D eigenvalue weighted by Gasteiger charge is -2.36. The summed E-state index contributed by atoms with van der Waals surface area (Å²) in [6, 6.07) is 16.4. The van der Waals surface area contributed by atoms with Crippen molar-refractivity contribution in [3.63, 3.8) is 0 Å². The first kappa shape index (κ1) is 28.2. The van der Waals surface area contributed by atoms with E-state index in [2.05, 4.69) is 65.5 Å². The van der Waals surface area contributed by atoms with Crippen LogP contribution in [0.15, 0.2) is 48.5 Å². The van der Waals surface area contributed by atoms with Crippen molar-refractivity contribution in [2.75, 3.05) is 6.54 Å². The van der Waals surface area contributed by atoms with Crippen LogP contribution in [0.4, 0.5) is 0 Å². The maximum Gasteiger partial charge on any atom is 0.338 e. The summed E-state index contributed by atoms with van der Waals surface area (Å²) in [4.78, 5) is 15.8. The Balaban J connectivity index is 1.88. The van der Waals surface area contributed by atoms with Gasteiger partial charge in [0.25, 0.3) is 0 Å². The van der Waals surface area contributed by atoms with Gasteiger partial charge >= 0.3 is 5.97 Å². The molecule has 4 atom stereocenters. The van der Waals surface area contributed by atoms with E-state index in [1.165, 1.54) is 6.42 Å². The van der Waals surface area contributed by atoms with E-state index < -0.39 is 0 Å². The van der Waals surface area contributed by atoms with Gasteiger partial charge in [0.05, 0.1) is 5.56 Å². The molecule has 36 heavy (non-hydrogen) atoms. The number of aromatic hydroxyl groups is 1. The minimum Gasteiger partial charge on any atom is -0.508 e. The number of hydrogen-bond donors (Lipinski definition) is 1. The number of hydrogen-bond acceptors (Lipinski definition) is 4. The monoisotopic (exact) mass is 493 g/mol. The van der Waals surface area contributed by atoms with E-state index in [0.717, 1.165) is 36.9 Å². The molecular formula is C32H47NO3. The van der Waals surface area contributed by atoms with Crippen LogP contribution in [-0.2, 0) is 4.74 Å². The molecule has 1 fully saturated rings. The average molecular weight is 494 g/mol. The summed E-state index contributed by atoms with van der Waals surface area (Å²) in [6.07, 6.45) is 4.03. The number of carbonyl (C=O) groups is 1. The lowest BCUT2D eigenvalue weighted by molar-refractivity contribution is -0.0174. The largest absolute Gasteiger partial charge is 0.508 e. The van der Waals surface area contributed by atoms with Gasteiger partial charge in [0.2, 0.25) is 0 Å². The van der Waals surface area contributed by atoms with Gasteiger partial charge < -0.3 is 9.84 Å². The van der Waals surface area contributed by atoms with Crippen molar-refractivity contribution in [3.8, 4) is 5.75 Å². The van der Waals surface area contributed by atoms with Crippen LogP contribution in [0.5, 0.6) is 5.75 Å². The van der Waals surface area contributed by atoms with Crippen molar-refractivity contribution in [2.45, 2.75) is 98.3 Å². The third kappa shape index (κ3) is 7.12. The number of phenols is 1. The van der Waals surface area contributed by atoms with Crippen molar-refractivity contribution in [3.05, 3.63) is 65.2 Å². The third-order valence-electron chi connectivity index (χ3n) is 8.06. The number of carbonyl (C=O) groups excluding carboxylic acids is 1. The topological polar surface area (TPSA) is 49.8 Å². The molecule has 2 aromatic rings. The van der Waals surface area contributed by atoms with Crippen molar-refractivity contribution in [2.24, 2.45) is 17.8 Å². The minimum absolute atomic E-state index is 0.0166. The van der Waals surface area contributed by atoms with E-state index in [-0.39, 0.29) is 23.7 Å². The number of ether oxygens (including phenoxy) is 1. The Kier molecular flexibility index (Phi) is 10.0. The fourth-order valence-electron chi connectivity index (χ4n) is 5.99. The quantitative estimate of drug-likeness (QED) is 0.345. The zero-order valence-corrected chi connectivity index (χ0v) is 23.4. The van der Waals surface area contributed by atoms with Gasteiger partial charge in [-0.1, -0.05) is 57.5 Å². The number of esters is 1. The highest BCUT2D eigenvalue weighted by Gasteiger charge is 2.34. The predicted octanol–water partition coefficient (Wildman–Crippen LogP) is 7.65. The third-order valence-corrected chi connectivity index (χ3v) is 8.06. The van der Waals surface area contributed by atoms with Crippen LogP contribution in [0.25, 0.3) is 0 Å². The summed E-state index contributed by atoms with van der Waals surface area (Å²) in [5, 5.41) is 10.9.